The lowest BCUT2D eigenvalue weighted by atomic mass is 9.94. The molecule has 3 aliphatic heterocycles. The van der Waals surface area contributed by atoms with Gasteiger partial charge in [0, 0.05) is 37.0 Å². The van der Waals surface area contributed by atoms with Gasteiger partial charge in [0.15, 0.2) is 0 Å². The minimum Gasteiger partial charge on any atom is -0.453 e. The van der Waals surface area contributed by atoms with Gasteiger partial charge in [-0.2, -0.15) is 0 Å². The molecule has 4 aromatic rings. The molecule has 0 saturated carbocycles. The van der Waals surface area contributed by atoms with Crippen molar-refractivity contribution in [2.24, 2.45) is 28.7 Å². The number of rotatable bonds is 11. The number of fused-ring (bicyclic) bond motifs is 1. The van der Waals surface area contributed by atoms with Crippen molar-refractivity contribution in [3.8, 4) is 22.4 Å². The highest BCUT2D eigenvalue weighted by molar-refractivity contribution is 6.04. The van der Waals surface area contributed by atoms with Gasteiger partial charge in [-0.05, 0) is 81.7 Å². The Morgan fingerprint density at radius 2 is 1.20 bits per heavy atom. The Morgan fingerprint density at radius 1 is 0.700 bits per heavy atom. The third kappa shape index (κ3) is 8.80. The third-order valence-corrected chi connectivity index (χ3v) is 12.2. The van der Waals surface area contributed by atoms with Crippen molar-refractivity contribution >= 4 is 46.1 Å². The van der Waals surface area contributed by atoms with E-state index in [4.69, 9.17) is 19.5 Å². The smallest absolute Gasteiger partial charge is 0.407 e. The number of allylic oxidation sites excluding steroid dienone is 1. The zero-order valence-corrected chi connectivity index (χ0v) is 35.8. The Kier molecular flexibility index (Phi) is 12.4. The van der Waals surface area contributed by atoms with E-state index in [0.717, 1.165) is 68.7 Å². The molecule has 4 heterocycles. The molecule has 2 saturated heterocycles. The quantitative estimate of drug-likeness (QED) is 0.139. The molecule has 3 aliphatic rings. The lowest BCUT2D eigenvalue weighted by molar-refractivity contribution is -0.136. The van der Waals surface area contributed by atoms with E-state index in [0.29, 0.717) is 25.4 Å². The molecular weight excluding hydrogens is 759 g/mol. The number of nitrogens with one attached hydrogen (secondary N) is 3. The second kappa shape index (κ2) is 17.7. The lowest BCUT2D eigenvalue weighted by Gasteiger charge is -2.31. The lowest BCUT2D eigenvalue weighted by Crippen LogP contribution is -2.53. The van der Waals surface area contributed by atoms with Crippen LogP contribution in [0.25, 0.3) is 38.7 Å². The largest absolute Gasteiger partial charge is 0.453 e. The number of hydrogen-bond acceptors (Lipinski definition) is 8. The minimum atomic E-state index is -0.698. The molecule has 7 rings (SSSR count). The van der Waals surface area contributed by atoms with Crippen LogP contribution in [0.5, 0.6) is 0 Å². The molecule has 4 amide bonds. The molecule has 13 heteroatoms. The number of nitrogens with zero attached hydrogens (tertiary/aromatic N) is 4. The van der Waals surface area contributed by atoms with Crippen molar-refractivity contribution in [3.05, 3.63) is 84.4 Å². The summed E-state index contributed by atoms with van der Waals surface area (Å²) in [6.07, 6.45) is 4.79. The van der Waals surface area contributed by atoms with Gasteiger partial charge in [-0.1, -0.05) is 90.1 Å². The van der Waals surface area contributed by atoms with Crippen LogP contribution >= 0.6 is 0 Å². The third-order valence-electron chi connectivity index (χ3n) is 12.2. The monoisotopic (exact) mass is 815 g/mol. The fraction of sp³-hybridized carbons (Fsp3) is 0.447. The molecule has 0 spiro atoms. The Hall–Kier alpha value is -5.98. The molecule has 13 nitrogen and oxygen atoms in total. The summed E-state index contributed by atoms with van der Waals surface area (Å²) in [6.45, 7) is 13.1. The van der Waals surface area contributed by atoms with Crippen LogP contribution in [0.3, 0.4) is 0 Å². The van der Waals surface area contributed by atoms with Crippen LogP contribution in [-0.4, -0.2) is 94.9 Å². The zero-order valence-electron chi connectivity index (χ0n) is 35.8. The van der Waals surface area contributed by atoms with Gasteiger partial charge in [0.25, 0.3) is 0 Å². The number of benzene rings is 3. The summed E-state index contributed by atoms with van der Waals surface area (Å²) in [4.78, 5) is 68.4. The predicted octanol–water partition coefficient (Wildman–Crippen LogP) is 7.99. The number of methoxy groups -OCH3 is 2. The molecule has 0 radical (unpaired) electrons. The first kappa shape index (κ1) is 42.2. The van der Waals surface area contributed by atoms with Crippen LogP contribution in [0, 0.1) is 23.7 Å². The van der Waals surface area contributed by atoms with E-state index in [1.165, 1.54) is 14.2 Å². The van der Waals surface area contributed by atoms with Crippen LogP contribution in [0.1, 0.15) is 78.2 Å². The highest BCUT2D eigenvalue weighted by Gasteiger charge is 2.42. The number of hydrogen-bond donors (Lipinski definition) is 3. The van der Waals surface area contributed by atoms with Crippen molar-refractivity contribution in [1.29, 1.82) is 0 Å². The topological polar surface area (TPSA) is 158 Å². The average Bonchev–Trinajstić information content (AvgIpc) is 4.07. The highest BCUT2D eigenvalue weighted by Crippen LogP contribution is 2.37. The number of carbonyl (C=O) groups is 4. The number of aliphatic imine (C=N–C) groups is 1. The zero-order chi connectivity index (χ0) is 42.8. The van der Waals surface area contributed by atoms with Gasteiger partial charge < -0.3 is 34.9 Å². The van der Waals surface area contributed by atoms with Gasteiger partial charge in [0.1, 0.15) is 17.9 Å². The number of imidazole rings is 1. The molecule has 3 aromatic carbocycles. The van der Waals surface area contributed by atoms with E-state index >= 15 is 0 Å². The first-order valence-electron chi connectivity index (χ1n) is 21.0. The molecule has 6 atom stereocenters. The molecule has 3 N–H and O–H groups in total. The van der Waals surface area contributed by atoms with Crippen LogP contribution in [0.2, 0.25) is 0 Å². The second-order valence-corrected chi connectivity index (χ2v) is 17.4. The van der Waals surface area contributed by atoms with Gasteiger partial charge in [-0.25, -0.2) is 14.6 Å². The predicted molar refractivity (Wildman–Crippen MR) is 233 cm³/mol. The van der Waals surface area contributed by atoms with Crippen LogP contribution in [0.4, 0.5) is 9.59 Å². The summed E-state index contributed by atoms with van der Waals surface area (Å²) < 4.78 is 9.59. The summed E-state index contributed by atoms with van der Waals surface area (Å²) in [5.74, 6) is 0.888. The van der Waals surface area contributed by atoms with Gasteiger partial charge in [-0.3, -0.25) is 14.6 Å². The molecule has 0 aliphatic carbocycles. The SMILES string of the molecule is COC(=O)N[C@H](C(=O)N1C[C@H](C)C[C@H]1C1=NC=C(c2ccc(-c3ccc4cc(-c5cnc([C@@H]6C[C@@H](C)CN6C(=O)[C@@H](NC(=O)OC)C(C)C)[nH]5)ccc4c3)cc2)C1)C(C)C. The fourth-order valence-electron chi connectivity index (χ4n) is 8.86. The van der Waals surface area contributed by atoms with Gasteiger partial charge in [0.2, 0.25) is 11.8 Å². The summed E-state index contributed by atoms with van der Waals surface area (Å²) in [5.41, 5.74) is 7.27. The van der Waals surface area contributed by atoms with Crippen molar-refractivity contribution < 1.29 is 28.7 Å². The maximum Gasteiger partial charge on any atom is 0.407 e. The first-order chi connectivity index (χ1) is 28.7. The molecule has 0 unspecified atom stereocenters. The van der Waals surface area contributed by atoms with E-state index < -0.39 is 24.3 Å². The molecular formula is C47H57N7O6. The van der Waals surface area contributed by atoms with E-state index in [1.807, 2.05) is 49.9 Å². The summed E-state index contributed by atoms with van der Waals surface area (Å²) in [7, 11) is 2.60. The Morgan fingerprint density at radius 3 is 1.77 bits per heavy atom. The number of H-pyrrole nitrogens is 1. The van der Waals surface area contributed by atoms with Crippen molar-refractivity contribution in [3.63, 3.8) is 0 Å². The number of likely N-dealkylation sites (tertiary alicyclic amines) is 2. The number of aromatic amines is 1. The van der Waals surface area contributed by atoms with E-state index in [2.05, 4.69) is 90.1 Å². The van der Waals surface area contributed by atoms with Crippen LogP contribution in [-0.2, 0) is 19.1 Å². The van der Waals surface area contributed by atoms with Crippen LogP contribution < -0.4 is 10.6 Å². The van der Waals surface area contributed by atoms with E-state index in [1.54, 1.807) is 0 Å². The number of ether oxygens (including phenoxy) is 2. The first-order valence-corrected chi connectivity index (χ1v) is 21.0. The molecule has 1 aromatic heterocycles. The normalized spacial score (nSPS) is 21.2. The van der Waals surface area contributed by atoms with Gasteiger partial charge in [0.05, 0.1) is 38.2 Å². The van der Waals surface area contributed by atoms with Crippen molar-refractivity contribution in [1.82, 2.24) is 30.4 Å². The molecule has 316 valence electrons. The highest BCUT2D eigenvalue weighted by atomic mass is 16.5. The number of carbonyl (C=O) groups excluding carboxylic acids is 4. The van der Waals surface area contributed by atoms with Crippen molar-refractivity contribution in [2.45, 2.75) is 85.0 Å². The minimum absolute atomic E-state index is 0.0934. The molecule has 0 bridgehead atoms. The van der Waals surface area contributed by atoms with Crippen LogP contribution in [0.15, 0.2) is 78.1 Å². The average molecular weight is 816 g/mol. The molecule has 2 fully saturated rings. The number of amides is 4. The standard InChI is InChI=1S/C47H57N7O6/c1-26(2)41(51-46(57)59-7)44(55)53-24-28(5)17-39(53)37-21-36(22-48-37)31-11-9-30(10-12-31)32-13-14-34-20-35(16-15-33(34)19-32)38-23-49-43(50-38)40-18-29(6)25-54(40)45(56)42(27(3)4)52-47(58)60-8/h9-16,19-20,22-23,26-29,39-42H,17-18,21,24-25H2,1-8H3,(H,49,50)(H,51,57)(H,52,58)/t28-,29-,39+,40+,41+,42+/m1/s1. The fourth-order valence-corrected chi connectivity index (χ4v) is 8.86. The number of alkyl carbamates (subject to hydrolysis) is 2. The maximum atomic E-state index is 13.7. The Labute approximate surface area is 352 Å². The van der Waals surface area contributed by atoms with E-state index in [9.17, 15) is 19.2 Å². The number of aromatic nitrogens is 2. The summed E-state index contributed by atoms with van der Waals surface area (Å²) >= 11 is 0. The molecule has 60 heavy (non-hydrogen) atoms. The van der Waals surface area contributed by atoms with E-state index in [-0.39, 0.29) is 41.7 Å². The summed E-state index contributed by atoms with van der Waals surface area (Å²) in [5, 5.41) is 7.67. The second-order valence-electron chi connectivity index (χ2n) is 17.4. The van der Waals surface area contributed by atoms with Crippen molar-refractivity contribution in [2.75, 3.05) is 27.3 Å². The van der Waals surface area contributed by atoms with Gasteiger partial charge in [-0.15, -0.1) is 0 Å². The Bertz CT molecular complexity index is 2310. The Balaban J connectivity index is 1.01. The van der Waals surface area contributed by atoms with Gasteiger partial charge >= 0.3 is 12.2 Å². The maximum absolute atomic E-state index is 13.7. The summed E-state index contributed by atoms with van der Waals surface area (Å²) in [6, 6.07) is 19.7.